The number of Topliss-reactive ketones (excluding diaryl/α,β-unsaturated/α-hetero) is 1. The average Bonchev–Trinajstić information content (AvgIpc) is 2.62. The molecule has 0 aliphatic rings. The quantitative estimate of drug-likeness (QED) is 0.761. The fourth-order valence-electron chi connectivity index (χ4n) is 1.33. The molecule has 0 radical (unpaired) electrons. The Labute approximate surface area is 101 Å². The molecule has 0 spiro atoms. The van der Waals surface area contributed by atoms with E-state index in [1.807, 2.05) is 12.4 Å². The van der Waals surface area contributed by atoms with E-state index in [0.29, 0.717) is 11.7 Å². The van der Waals surface area contributed by atoms with Crippen molar-refractivity contribution in [3.05, 3.63) is 11.1 Å². The van der Waals surface area contributed by atoms with Gasteiger partial charge in [0, 0.05) is 25.4 Å². The lowest BCUT2D eigenvalue weighted by Gasteiger charge is -2.35. The standard InChI is InChI=1S/C12H20N2OS/c1-8(15)10-7-16-11(13-10)14(6)9(2)12(3,4)5/h7,9H,1-6H3. The lowest BCUT2D eigenvalue weighted by atomic mass is 9.87. The predicted molar refractivity (Wildman–Crippen MR) is 69.4 cm³/mol. The van der Waals surface area contributed by atoms with Crippen LogP contribution in [0.2, 0.25) is 0 Å². The number of hydrogen-bond acceptors (Lipinski definition) is 4. The van der Waals surface area contributed by atoms with Gasteiger partial charge in [0.15, 0.2) is 10.9 Å². The molecule has 3 nitrogen and oxygen atoms in total. The molecule has 4 heteroatoms. The predicted octanol–water partition coefficient (Wildman–Crippen LogP) is 3.22. The number of anilines is 1. The Hall–Kier alpha value is -0.900. The van der Waals surface area contributed by atoms with Crippen molar-refractivity contribution in [3.63, 3.8) is 0 Å². The van der Waals surface area contributed by atoms with Crippen molar-refractivity contribution < 1.29 is 4.79 Å². The van der Waals surface area contributed by atoms with Crippen molar-refractivity contribution in [2.24, 2.45) is 5.41 Å². The Morgan fingerprint density at radius 3 is 2.44 bits per heavy atom. The number of rotatable bonds is 3. The molecule has 1 unspecified atom stereocenters. The third kappa shape index (κ3) is 2.82. The lowest BCUT2D eigenvalue weighted by Crippen LogP contribution is -2.39. The molecule has 16 heavy (non-hydrogen) atoms. The van der Waals surface area contributed by atoms with Gasteiger partial charge in [0.2, 0.25) is 0 Å². The maximum absolute atomic E-state index is 11.2. The van der Waals surface area contributed by atoms with E-state index in [2.05, 4.69) is 37.6 Å². The summed E-state index contributed by atoms with van der Waals surface area (Å²) < 4.78 is 0. The molecule has 0 bridgehead atoms. The minimum Gasteiger partial charge on any atom is -0.348 e. The van der Waals surface area contributed by atoms with Crippen molar-refractivity contribution in [1.29, 1.82) is 0 Å². The highest BCUT2D eigenvalue weighted by molar-refractivity contribution is 7.13. The van der Waals surface area contributed by atoms with Gasteiger partial charge >= 0.3 is 0 Å². The second kappa shape index (κ2) is 4.53. The number of thiazole rings is 1. The highest BCUT2D eigenvalue weighted by atomic mass is 32.1. The van der Waals surface area contributed by atoms with Gasteiger partial charge in [-0.3, -0.25) is 4.79 Å². The van der Waals surface area contributed by atoms with Crippen LogP contribution in [0.4, 0.5) is 5.13 Å². The van der Waals surface area contributed by atoms with Gasteiger partial charge in [0.1, 0.15) is 5.69 Å². The molecule has 0 saturated carbocycles. The van der Waals surface area contributed by atoms with Crippen LogP contribution in [-0.4, -0.2) is 23.9 Å². The minimum absolute atomic E-state index is 0.0271. The maximum atomic E-state index is 11.2. The van der Waals surface area contributed by atoms with Crippen LogP contribution in [0.3, 0.4) is 0 Å². The van der Waals surface area contributed by atoms with Crippen molar-refractivity contribution >= 4 is 22.3 Å². The Morgan fingerprint density at radius 1 is 1.50 bits per heavy atom. The monoisotopic (exact) mass is 240 g/mol. The molecule has 0 saturated heterocycles. The van der Waals surface area contributed by atoms with Crippen LogP contribution in [0, 0.1) is 5.41 Å². The Morgan fingerprint density at radius 2 is 2.06 bits per heavy atom. The zero-order valence-electron chi connectivity index (χ0n) is 10.9. The molecular weight excluding hydrogens is 220 g/mol. The number of ketones is 1. The number of carbonyl (C=O) groups excluding carboxylic acids is 1. The summed E-state index contributed by atoms with van der Waals surface area (Å²) in [7, 11) is 2.03. The van der Waals surface area contributed by atoms with Crippen LogP contribution in [0.15, 0.2) is 5.38 Å². The number of aromatic nitrogens is 1. The van der Waals surface area contributed by atoms with Gasteiger partial charge < -0.3 is 4.90 Å². The molecule has 0 aliphatic heterocycles. The van der Waals surface area contributed by atoms with E-state index in [0.717, 1.165) is 5.13 Å². The van der Waals surface area contributed by atoms with E-state index in [-0.39, 0.29) is 11.2 Å². The fraction of sp³-hybridized carbons (Fsp3) is 0.667. The first-order valence-corrected chi connectivity index (χ1v) is 6.30. The van der Waals surface area contributed by atoms with Crippen LogP contribution in [-0.2, 0) is 0 Å². The van der Waals surface area contributed by atoms with E-state index >= 15 is 0 Å². The van der Waals surface area contributed by atoms with Gasteiger partial charge in [0.25, 0.3) is 0 Å². The summed E-state index contributed by atoms with van der Waals surface area (Å²) in [6.45, 7) is 10.3. The van der Waals surface area contributed by atoms with Crippen molar-refractivity contribution in [1.82, 2.24) is 4.98 Å². The first-order chi connectivity index (χ1) is 7.23. The van der Waals surface area contributed by atoms with E-state index in [4.69, 9.17) is 0 Å². The SMILES string of the molecule is CC(=O)c1csc(N(C)C(C)C(C)(C)C)n1. The Bertz CT molecular complexity index is 379. The summed E-state index contributed by atoms with van der Waals surface area (Å²) >= 11 is 1.52. The molecule has 1 atom stereocenters. The molecule has 0 N–H and O–H groups in total. The van der Waals surface area contributed by atoms with E-state index in [1.165, 1.54) is 11.3 Å². The number of hydrogen-bond donors (Lipinski definition) is 0. The molecular formula is C12H20N2OS. The van der Waals surface area contributed by atoms with E-state index < -0.39 is 0 Å². The van der Waals surface area contributed by atoms with Crippen molar-refractivity contribution in [3.8, 4) is 0 Å². The summed E-state index contributed by atoms with van der Waals surface area (Å²) in [6, 6.07) is 0.374. The van der Waals surface area contributed by atoms with Gasteiger partial charge in [-0.25, -0.2) is 4.98 Å². The molecule has 0 fully saturated rings. The highest BCUT2D eigenvalue weighted by Crippen LogP contribution is 2.29. The van der Waals surface area contributed by atoms with Gasteiger partial charge in [0.05, 0.1) is 0 Å². The molecule has 90 valence electrons. The second-order valence-corrected chi connectivity index (χ2v) is 6.06. The zero-order valence-corrected chi connectivity index (χ0v) is 11.7. The smallest absolute Gasteiger partial charge is 0.185 e. The highest BCUT2D eigenvalue weighted by Gasteiger charge is 2.25. The van der Waals surface area contributed by atoms with Crippen molar-refractivity contribution in [2.45, 2.75) is 40.7 Å². The summed E-state index contributed by atoms with van der Waals surface area (Å²) in [5.74, 6) is 0.0271. The first kappa shape index (κ1) is 13.2. The van der Waals surface area contributed by atoms with Gasteiger partial charge in [-0.15, -0.1) is 11.3 Å². The minimum atomic E-state index is 0.0271. The lowest BCUT2D eigenvalue weighted by molar-refractivity contribution is 0.101. The summed E-state index contributed by atoms with van der Waals surface area (Å²) in [5.41, 5.74) is 0.754. The van der Waals surface area contributed by atoms with Crippen LogP contribution in [0.1, 0.15) is 45.1 Å². The second-order valence-electron chi connectivity index (χ2n) is 5.22. The first-order valence-electron chi connectivity index (χ1n) is 5.42. The van der Waals surface area contributed by atoms with E-state index in [9.17, 15) is 4.79 Å². The normalized spacial score (nSPS) is 13.6. The van der Waals surface area contributed by atoms with Crippen LogP contribution in [0.25, 0.3) is 0 Å². The molecule has 0 amide bonds. The number of carbonyl (C=O) groups is 1. The van der Waals surface area contributed by atoms with E-state index in [1.54, 1.807) is 6.92 Å². The summed E-state index contributed by atoms with van der Waals surface area (Å²) in [6.07, 6.45) is 0. The van der Waals surface area contributed by atoms with Crippen LogP contribution < -0.4 is 4.90 Å². The topological polar surface area (TPSA) is 33.2 Å². The Kier molecular flexibility index (Phi) is 3.73. The Balaban J connectivity index is 2.88. The molecule has 1 aromatic rings. The third-order valence-electron chi connectivity index (χ3n) is 2.99. The molecule has 1 heterocycles. The molecule has 0 aromatic carbocycles. The summed E-state index contributed by atoms with van der Waals surface area (Å²) in [4.78, 5) is 17.6. The van der Waals surface area contributed by atoms with Gasteiger partial charge in [-0.05, 0) is 12.3 Å². The average molecular weight is 240 g/mol. The zero-order chi connectivity index (χ0) is 12.5. The number of nitrogens with zero attached hydrogens (tertiary/aromatic N) is 2. The summed E-state index contributed by atoms with van der Waals surface area (Å²) in [5, 5.41) is 2.73. The fourth-order valence-corrected chi connectivity index (χ4v) is 2.25. The van der Waals surface area contributed by atoms with Crippen LogP contribution in [0.5, 0.6) is 0 Å². The van der Waals surface area contributed by atoms with Gasteiger partial charge in [-0.1, -0.05) is 20.8 Å². The largest absolute Gasteiger partial charge is 0.348 e. The van der Waals surface area contributed by atoms with Crippen LogP contribution >= 0.6 is 11.3 Å². The maximum Gasteiger partial charge on any atom is 0.185 e. The molecule has 1 aromatic heterocycles. The molecule has 0 aliphatic carbocycles. The molecule has 1 rings (SSSR count). The van der Waals surface area contributed by atoms with Gasteiger partial charge in [-0.2, -0.15) is 0 Å². The third-order valence-corrected chi connectivity index (χ3v) is 3.92. The van der Waals surface area contributed by atoms with Crippen molar-refractivity contribution in [2.75, 3.05) is 11.9 Å².